The van der Waals surface area contributed by atoms with Crippen LogP contribution in [0.2, 0.25) is 0 Å². The van der Waals surface area contributed by atoms with Crippen LogP contribution in [0.4, 0.5) is 0 Å². The standard InChI is InChI=1S/C16H32N2O2/c1-7-17(11-16(5,6)20)14(4)15(19)18-12(2)9-8-10-13(18)3/h12-14,20H,7-11H2,1-6H3. The van der Waals surface area contributed by atoms with E-state index < -0.39 is 5.60 Å². The fourth-order valence-corrected chi connectivity index (χ4v) is 3.25. The number of carbonyl (C=O) groups excluding carboxylic acids is 1. The van der Waals surface area contributed by atoms with E-state index in [1.807, 2.05) is 13.8 Å². The van der Waals surface area contributed by atoms with Crippen LogP contribution in [0, 0.1) is 0 Å². The van der Waals surface area contributed by atoms with Crippen LogP contribution in [0.1, 0.15) is 60.8 Å². The predicted molar refractivity (Wildman–Crippen MR) is 82.6 cm³/mol. The summed E-state index contributed by atoms with van der Waals surface area (Å²) < 4.78 is 0. The molecule has 4 nitrogen and oxygen atoms in total. The minimum Gasteiger partial charge on any atom is -0.389 e. The van der Waals surface area contributed by atoms with Gasteiger partial charge in [0.15, 0.2) is 0 Å². The minimum atomic E-state index is -0.774. The average molecular weight is 284 g/mol. The van der Waals surface area contributed by atoms with E-state index in [4.69, 9.17) is 0 Å². The van der Waals surface area contributed by atoms with Crippen molar-refractivity contribution in [3.05, 3.63) is 0 Å². The van der Waals surface area contributed by atoms with Gasteiger partial charge in [-0.2, -0.15) is 0 Å². The van der Waals surface area contributed by atoms with Gasteiger partial charge in [0.2, 0.25) is 5.91 Å². The molecule has 1 saturated heterocycles. The van der Waals surface area contributed by atoms with E-state index in [2.05, 4.69) is 23.6 Å². The van der Waals surface area contributed by atoms with Gasteiger partial charge in [-0.05, 0) is 60.4 Å². The van der Waals surface area contributed by atoms with Gasteiger partial charge < -0.3 is 10.0 Å². The van der Waals surface area contributed by atoms with E-state index in [1.54, 1.807) is 13.8 Å². The first kappa shape index (κ1) is 17.4. The fourth-order valence-electron chi connectivity index (χ4n) is 3.25. The normalized spacial score (nSPS) is 25.9. The minimum absolute atomic E-state index is 0.172. The number of hydrogen-bond acceptors (Lipinski definition) is 3. The number of hydrogen-bond donors (Lipinski definition) is 1. The molecule has 0 aromatic carbocycles. The summed E-state index contributed by atoms with van der Waals surface area (Å²) in [6.07, 6.45) is 3.41. The fraction of sp³-hybridized carbons (Fsp3) is 0.938. The second-order valence-corrected chi connectivity index (χ2v) is 6.93. The summed E-state index contributed by atoms with van der Waals surface area (Å²) in [7, 11) is 0. The number of carbonyl (C=O) groups is 1. The van der Waals surface area contributed by atoms with Crippen molar-refractivity contribution in [1.29, 1.82) is 0 Å². The topological polar surface area (TPSA) is 43.8 Å². The van der Waals surface area contributed by atoms with E-state index in [1.165, 1.54) is 6.42 Å². The lowest BCUT2D eigenvalue weighted by atomic mass is 9.96. The quantitative estimate of drug-likeness (QED) is 0.842. The van der Waals surface area contributed by atoms with Gasteiger partial charge in [0.1, 0.15) is 0 Å². The Balaban J connectivity index is 2.77. The van der Waals surface area contributed by atoms with E-state index in [0.717, 1.165) is 19.4 Å². The van der Waals surface area contributed by atoms with Crippen molar-refractivity contribution in [1.82, 2.24) is 9.80 Å². The number of rotatable bonds is 5. The molecular weight excluding hydrogens is 252 g/mol. The number of nitrogens with zero attached hydrogens (tertiary/aromatic N) is 2. The van der Waals surface area contributed by atoms with Crippen molar-refractivity contribution in [2.24, 2.45) is 0 Å². The molecule has 1 heterocycles. The number of amides is 1. The summed E-state index contributed by atoms with van der Waals surface area (Å²) in [5.41, 5.74) is -0.774. The van der Waals surface area contributed by atoms with E-state index in [0.29, 0.717) is 18.6 Å². The van der Waals surface area contributed by atoms with Gasteiger partial charge in [0.05, 0.1) is 11.6 Å². The lowest BCUT2D eigenvalue weighted by Crippen LogP contribution is -2.56. The summed E-state index contributed by atoms with van der Waals surface area (Å²) in [4.78, 5) is 16.9. The van der Waals surface area contributed by atoms with Crippen LogP contribution in [0.15, 0.2) is 0 Å². The highest BCUT2D eigenvalue weighted by Crippen LogP contribution is 2.24. The third-order valence-corrected chi connectivity index (χ3v) is 4.35. The molecule has 1 aliphatic heterocycles. The summed E-state index contributed by atoms with van der Waals surface area (Å²) >= 11 is 0. The molecule has 0 saturated carbocycles. The van der Waals surface area contributed by atoms with Gasteiger partial charge >= 0.3 is 0 Å². The molecule has 1 rings (SSSR count). The van der Waals surface area contributed by atoms with E-state index in [9.17, 15) is 9.90 Å². The second-order valence-electron chi connectivity index (χ2n) is 6.93. The van der Waals surface area contributed by atoms with Crippen molar-refractivity contribution in [3.63, 3.8) is 0 Å². The van der Waals surface area contributed by atoms with Gasteiger partial charge in [-0.25, -0.2) is 0 Å². The molecule has 0 aliphatic carbocycles. The Morgan fingerprint density at radius 2 is 1.85 bits per heavy atom. The number of aliphatic hydroxyl groups is 1. The zero-order valence-electron chi connectivity index (χ0n) is 14.0. The van der Waals surface area contributed by atoms with Crippen LogP contribution < -0.4 is 0 Å². The highest BCUT2D eigenvalue weighted by Gasteiger charge is 2.34. The average Bonchev–Trinajstić information content (AvgIpc) is 2.33. The Morgan fingerprint density at radius 3 is 2.25 bits per heavy atom. The van der Waals surface area contributed by atoms with E-state index >= 15 is 0 Å². The summed E-state index contributed by atoms with van der Waals surface area (Å²) in [5, 5.41) is 10.00. The molecule has 0 aromatic heterocycles. The van der Waals surface area contributed by atoms with Crippen molar-refractivity contribution >= 4 is 5.91 Å². The molecule has 0 spiro atoms. The predicted octanol–water partition coefficient (Wildman–Crippen LogP) is 2.26. The first-order chi connectivity index (χ1) is 9.17. The molecule has 1 amide bonds. The first-order valence-electron chi connectivity index (χ1n) is 7.96. The highest BCUT2D eigenvalue weighted by molar-refractivity contribution is 5.82. The molecule has 0 bridgehead atoms. The molecule has 20 heavy (non-hydrogen) atoms. The molecular formula is C16H32N2O2. The van der Waals surface area contributed by atoms with Crippen molar-refractivity contribution in [2.45, 2.75) is 84.5 Å². The third-order valence-electron chi connectivity index (χ3n) is 4.35. The molecule has 3 unspecified atom stereocenters. The second kappa shape index (κ2) is 6.90. The SMILES string of the molecule is CCN(CC(C)(C)O)C(C)C(=O)N1C(C)CCCC1C. The monoisotopic (exact) mass is 284 g/mol. The summed E-state index contributed by atoms with van der Waals surface area (Å²) in [5.74, 6) is 0.204. The Bertz CT molecular complexity index is 315. The molecule has 118 valence electrons. The first-order valence-corrected chi connectivity index (χ1v) is 7.96. The van der Waals surface area contributed by atoms with Crippen LogP contribution in [0.25, 0.3) is 0 Å². The van der Waals surface area contributed by atoms with Gasteiger partial charge in [0.25, 0.3) is 0 Å². The van der Waals surface area contributed by atoms with Crippen LogP contribution >= 0.6 is 0 Å². The Kier molecular flexibility index (Phi) is 6.02. The molecule has 0 aromatic rings. The highest BCUT2D eigenvalue weighted by atomic mass is 16.3. The van der Waals surface area contributed by atoms with Crippen molar-refractivity contribution in [3.8, 4) is 0 Å². The molecule has 3 atom stereocenters. The Labute approximate surface area is 124 Å². The lowest BCUT2D eigenvalue weighted by Gasteiger charge is -2.43. The molecule has 1 aliphatic rings. The maximum atomic E-state index is 12.8. The number of likely N-dealkylation sites (tertiary alicyclic amines) is 1. The Morgan fingerprint density at radius 1 is 1.35 bits per heavy atom. The maximum absolute atomic E-state index is 12.8. The molecule has 0 radical (unpaired) electrons. The van der Waals surface area contributed by atoms with Crippen LogP contribution in [-0.4, -0.2) is 57.6 Å². The molecule has 1 fully saturated rings. The van der Waals surface area contributed by atoms with Gasteiger partial charge in [-0.1, -0.05) is 6.92 Å². The maximum Gasteiger partial charge on any atom is 0.240 e. The van der Waals surface area contributed by atoms with Crippen molar-refractivity contribution in [2.75, 3.05) is 13.1 Å². The smallest absolute Gasteiger partial charge is 0.240 e. The molecule has 4 heteroatoms. The molecule has 1 N–H and O–H groups in total. The lowest BCUT2D eigenvalue weighted by molar-refractivity contribution is -0.143. The zero-order valence-corrected chi connectivity index (χ0v) is 14.0. The largest absolute Gasteiger partial charge is 0.389 e. The van der Waals surface area contributed by atoms with Crippen molar-refractivity contribution < 1.29 is 9.90 Å². The number of likely N-dealkylation sites (N-methyl/N-ethyl adjacent to an activating group) is 1. The van der Waals surface area contributed by atoms with Gasteiger partial charge in [0, 0.05) is 18.6 Å². The van der Waals surface area contributed by atoms with E-state index in [-0.39, 0.29) is 11.9 Å². The van der Waals surface area contributed by atoms with Crippen LogP contribution in [0.5, 0.6) is 0 Å². The zero-order chi connectivity index (χ0) is 15.5. The Hall–Kier alpha value is -0.610. The number of piperidine rings is 1. The summed E-state index contributed by atoms with van der Waals surface area (Å²) in [6.45, 7) is 13.2. The van der Waals surface area contributed by atoms with Crippen LogP contribution in [-0.2, 0) is 4.79 Å². The summed E-state index contributed by atoms with van der Waals surface area (Å²) in [6, 6.07) is 0.485. The third kappa shape index (κ3) is 4.45. The van der Waals surface area contributed by atoms with Crippen LogP contribution in [0.3, 0.4) is 0 Å². The van der Waals surface area contributed by atoms with Gasteiger partial charge in [-0.3, -0.25) is 9.69 Å². The van der Waals surface area contributed by atoms with Gasteiger partial charge in [-0.15, -0.1) is 0 Å².